The van der Waals surface area contributed by atoms with Gasteiger partial charge in [-0.15, -0.1) is 0 Å². The Bertz CT molecular complexity index is 1200. The highest BCUT2D eigenvalue weighted by Crippen LogP contribution is 2.21. The summed E-state index contributed by atoms with van der Waals surface area (Å²) >= 11 is 0. The number of rotatable bonds is 7. The minimum absolute atomic E-state index is 0.140. The van der Waals surface area contributed by atoms with E-state index in [4.69, 9.17) is 4.52 Å². The minimum Gasteiger partial charge on any atom is -0.359 e. The minimum atomic E-state index is -0.140. The Morgan fingerprint density at radius 2 is 1.87 bits per heavy atom. The van der Waals surface area contributed by atoms with Crippen molar-refractivity contribution >= 4 is 34.0 Å². The van der Waals surface area contributed by atoms with Gasteiger partial charge in [-0.3, -0.25) is 9.78 Å². The Hall–Kier alpha value is -3.93. The lowest BCUT2D eigenvalue weighted by Crippen LogP contribution is -2.14. The summed E-state index contributed by atoms with van der Waals surface area (Å²) in [4.78, 5) is 16.7. The van der Waals surface area contributed by atoms with Crippen LogP contribution >= 0.6 is 0 Å². The molecule has 0 fully saturated rings. The third kappa shape index (κ3) is 4.55. The zero-order valence-electron chi connectivity index (χ0n) is 16.7. The molecule has 0 spiro atoms. The molecule has 0 saturated carbocycles. The molecule has 6 heteroatoms. The summed E-state index contributed by atoms with van der Waals surface area (Å²) in [5.41, 5.74) is 4.43. The highest BCUT2D eigenvalue weighted by Gasteiger charge is 2.09. The molecule has 0 aliphatic carbocycles. The summed E-state index contributed by atoms with van der Waals surface area (Å²) in [5, 5.41) is 10.9. The fourth-order valence-electron chi connectivity index (χ4n) is 3.10. The third-order valence-electron chi connectivity index (χ3n) is 4.73. The number of amides is 1. The van der Waals surface area contributed by atoms with Crippen LogP contribution in [0.1, 0.15) is 23.8 Å². The molecule has 4 aromatic rings. The van der Waals surface area contributed by atoms with Gasteiger partial charge in [-0.2, -0.15) is 0 Å². The molecule has 2 aromatic heterocycles. The highest BCUT2D eigenvalue weighted by molar-refractivity contribution is 5.91. The summed E-state index contributed by atoms with van der Waals surface area (Å²) in [5.74, 6) is 1.04. The summed E-state index contributed by atoms with van der Waals surface area (Å²) in [6, 6.07) is 19.4. The molecule has 150 valence electrons. The zero-order chi connectivity index (χ0) is 20.9. The predicted molar refractivity (Wildman–Crippen MR) is 119 cm³/mol. The summed E-state index contributed by atoms with van der Waals surface area (Å²) in [6.07, 6.45) is 2.80. The van der Waals surface area contributed by atoms with Gasteiger partial charge in [0.1, 0.15) is 5.76 Å². The number of pyridine rings is 1. The monoisotopic (exact) mass is 398 g/mol. The third-order valence-corrected chi connectivity index (χ3v) is 4.73. The van der Waals surface area contributed by atoms with E-state index in [0.29, 0.717) is 5.82 Å². The topological polar surface area (TPSA) is 80.0 Å². The van der Waals surface area contributed by atoms with Crippen molar-refractivity contribution in [2.75, 3.05) is 10.6 Å². The number of hydrogen-bond acceptors (Lipinski definition) is 5. The number of hydrogen-bond donors (Lipinski definition) is 2. The molecule has 0 unspecified atom stereocenters. The van der Waals surface area contributed by atoms with Crippen LogP contribution in [0.25, 0.3) is 16.6 Å². The van der Waals surface area contributed by atoms with Gasteiger partial charge in [0.25, 0.3) is 0 Å². The molecule has 2 aromatic carbocycles. The Kier molecular flexibility index (Phi) is 5.57. The van der Waals surface area contributed by atoms with Crippen molar-refractivity contribution < 1.29 is 9.32 Å². The number of fused-ring (bicyclic) bond motifs is 1. The fraction of sp³-hybridized carbons (Fsp3) is 0.125. The van der Waals surface area contributed by atoms with E-state index in [1.165, 1.54) is 0 Å². The van der Waals surface area contributed by atoms with E-state index in [2.05, 4.69) is 33.4 Å². The first-order chi connectivity index (χ1) is 14.6. The average molecular weight is 398 g/mol. The van der Waals surface area contributed by atoms with Gasteiger partial charge in [-0.05, 0) is 29.8 Å². The lowest BCUT2D eigenvalue weighted by atomic mass is 10.1. The van der Waals surface area contributed by atoms with E-state index in [1.807, 2.05) is 61.7 Å². The molecule has 4 rings (SSSR count). The molecule has 2 N–H and O–H groups in total. The largest absolute Gasteiger partial charge is 0.359 e. The van der Waals surface area contributed by atoms with Gasteiger partial charge >= 0.3 is 0 Å². The van der Waals surface area contributed by atoms with Crippen LogP contribution in [0.3, 0.4) is 0 Å². The number of nitrogens with zero attached hydrogens (tertiary/aromatic N) is 2. The predicted octanol–water partition coefficient (Wildman–Crippen LogP) is 5.05. The Labute approximate surface area is 174 Å². The number of nitrogens with one attached hydrogen (secondary N) is 2. The van der Waals surface area contributed by atoms with Gasteiger partial charge in [0, 0.05) is 41.0 Å². The number of carbonyl (C=O) groups is 1. The number of aryl methyl sites for hydroxylation is 1. The SMILES string of the molecule is C=C(Nc1ccc(CC(=O)Nc2cc(CC)on2)cc1)c1cnc2ccccc2c1. The van der Waals surface area contributed by atoms with Crippen LogP contribution in [0.15, 0.2) is 78.0 Å². The summed E-state index contributed by atoms with van der Waals surface area (Å²) < 4.78 is 5.09. The lowest BCUT2D eigenvalue weighted by Gasteiger charge is -2.11. The van der Waals surface area contributed by atoms with Gasteiger partial charge in [0.05, 0.1) is 11.9 Å². The number of aromatic nitrogens is 2. The van der Waals surface area contributed by atoms with Crippen molar-refractivity contribution in [3.8, 4) is 0 Å². The molecule has 0 bridgehead atoms. The van der Waals surface area contributed by atoms with Crippen LogP contribution in [0.2, 0.25) is 0 Å². The molecule has 0 aliphatic heterocycles. The number of benzene rings is 2. The molecule has 0 aliphatic rings. The molecule has 2 heterocycles. The van der Waals surface area contributed by atoms with E-state index < -0.39 is 0 Å². The smallest absolute Gasteiger partial charge is 0.230 e. The molecule has 0 atom stereocenters. The van der Waals surface area contributed by atoms with Crippen molar-refractivity contribution in [1.82, 2.24) is 10.1 Å². The summed E-state index contributed by atoms with van der Waals surface area (Å²) in [6.45, 7) is 6.09. The first-order valence-corrected chi connectivity index (χ1v) is 9.76. The maximum absolute atomic E-state index is 12.2. The van der Waals surface area contributed by atoms with Crippen molar-refractivity contribution in [2.45, 2.75) is 19.8 Å². The van der Waals surface area contributed by atoms with E-state index in [0.717, 1.165) is 45.6 Å². The first kappa shape index (κ1) is 19.4. The van der Waals surface area contributed by atoms with E-state index in [1.54, 1.807) is 6.07 Å². The zero-order valence-corrected chi connectivity index (χ0v) is 16.7. The number of para-hydroxylation sites is 1. The standard InChI is InChI=1S/C24H22N4O2/c1-3-21-14-23(28-30-21)27-24(29)12-17-8-10-20(11-9-17)26-16(2)19-13-18-6-4-5-7-22(18)25-15-19/h4-11,13-15,26H,2-3,12H2,1H3,(H,27,28,29). The Morgan fingerprint density at radius 3 is 2.63 bits per heavy atom. The van der Waals surface area contributed by atoms with Crippen LogP contribution in [0.5, 0.6) is 0 Å². The Morgan fingerprint density at radius 1 is 1.07 bits per heavy atom. The molecule has 6 nitrogen and oxygen atoms in total. The number of anilines is 2. The molecule has 0 radical (unpaired) electrons. The maximum atomic E-state index is 12.2. The van der Waals surface area contributed by atoms with E-state index in [-0.39, 0.29) is 12.3 Å². The van der Waals surface area contributed by atoms with Crippen LogP contribution in [-0.4, -0.2) is 16.0 Å². The van der Waals surface area contributed by atoms with Crippen LogP contribution < -0.4 is 10.6 Å². The van der Waals surface area contributed by atoms with E-state index in [9.17, 15) is 4.79 Å². The molecule has 30 heavy (non-hydrogen) atoms. The van der Waals surface area contributed by atoms with Crippen molar-refractivity contribution in [3.63, 3.8) is 0 Å². The second kappa shape index (κ2) is 8.61. The average Bonchev–Trinajstić information content (AvgIpc) is 3.22. The van der Waals surface area contributed by atoms with Crippen molar-refractivity contribution in [3.05, 3.63) is 90.3 Å². The fourth-order valence-corrected chi connectivity index (χ4v) is 3.10. The van der Waals surface area contributed by atoms with Crippen LogP contribution in [0.4, 0.5) is 11.5 Å². The normalized spacial score (nSPS) is 10.7. The van der Waals surface area contributed by atoms with Gasteiger partial charge < -0.3 is 15.2 Å². The van der Waals surface area contributed by atoms with Gasteiger partial charge in [0.15, 0.2) is 5.82 Å². The lowest BCUT2D eigenvalue weighted by molar-refractivity contribution is -0.115. The maximum Gasteiger partial charge on any atom is 0.230 e. The highest BCUT2D eigenvalue weighted by atomic mass is 16.5. The Balaban J connectivity index is 1.36. The molecule has 1 amide bonds. The molecular formula is C24H22N4O2. The quantitative estimate of drug-likeness (QED) is 0.455. The van der Waals surface area contributed by atoms with Crippen LogP contribution in [-0.2, 0) is 17.6 Å². The second-order valence-electron chi connectivity index (χ2n) is 6.97. The van der Waals surface area contributed by atoms with Crippen molar-refractivity contribution in [1.29, 1.82) is 0 Å². The second-order valence-corrected chi connectivity index (χ2v) is 6.97. The summed E-state index contributed by atoms with van der Waals surface area (Å²) in [7, 11) is 0. The number of carbonyl (C=O) groups excluding carboxylic acids is 1. The molecule has 0 saturated heterocycles. The van der Waals surface area contributed by atoms with Crippen LogP contribution in [0, 0.1) is 0 Å². The van der Waals surface area contributed by atoms with E-state index >= 15 is 0 Å². The van der Waals surface area contributed by atoms with Gasteiger partial charge in [0.2, 0.25) is 5.91 Å². The van der Waals surface area contributed by atoms with Crippen molar-refractivity contribution in [2.24, 2.45) is 0 Å². The molecular weight excluding hydrogens is 376 g/mol. The van der Waals surface area contributed by atoms with Gasteiger partial charge in [-0.25, -0.2) is 0 Å². The first-order valence-electron chi connectivity index (χ1n) is 9.76. The van der Waals surface area contributed by atoms with Gasteiger partial charge in [-0.1, -0.05) is 49.0 Å².